The molecule has 120 valence electrons. The molecule has 1 aromatic carbocycles. The van der Waals surface area contributed by atoms with Crippen LogP contribution in [0.4, 0.5) is 0 Å². The van der Waals surface area contributed by atoms with Crippen LogP contribution in [0.15, 0.2) is 70.1 Å². The topological polar surface area (TPSA) is 114 Å². The van der Waals surface area contributed by atoms with Gasteiger partial charge in [0.15, 0.2) is 0 Å². The van der Waals surface area contributed by atoms with Gasteiger partial charge in [0, 0.05) is 5.57 Å². The molecule has 0 saturated carbocycles. The summed E-state index contributed by atoms with van der Waals surface area (Å²) in [5, 5.41) is 17.9. The summed E-state index contributed by atoms with van der Waals surface area (Å²) >= 11 is 0. The monoisotopic (exact) mass is 362 g/mol. The van der Waals surface area contributed by atoms with Crippen molar-refractivity contribution in [1.29, 1.82) is 10.5 Å². The molecule has 25 heavy (non-hydrogen) atoms. The maximum absolute atomic E-state index is 11.3. The standard InChI is InChI=1S/C17H12N2O4S.Na/c1-12-8-14(15(10-18)11-19)9-16(23-12)7-6-13-4-2-3-5-17(13)24(20,21)22;/h2-9H,1H3,(H,20,21,22);/q;+1/p-1/b7-6+;. The van der Waals surface area contributed by atoms with Crippen LogP contribution in [0, 0.1) is 22.7 Å². The number of benzene rings is 1. The molecule has 0 atom stereocenters. The number of rotatable bonds is 3. The van der Waals surface area contributed by atoms with Crippen LogP contribution in [0.25, 0.3) is 6.08 Å². The molecule has 2 rings (SSSR count). The van der Waals surface area contributed by atoms with Crippen molar-refractivity contribution >= 4 is 16.2 Å². The fourth-order valence-electron chi connectivity index (χ4n) is 2.06. The molecule has 0 bridgehead atoms. The van der Waals surface area contributed by atoms with Gasteiger partial charge in [-0.05, 0) is 36.8 Å². The molecule has 6 nitrogen and oxygen atoms in total. The zero-order valence-electron chi connectivity index (χ0n) is 13.6. The number of nitriles is 2. The Kier molecular flexibility index (Phi) is 7.38. The van der Waals surface area contributed by atoms with Gasteiger partial charge in [0.2, 0.25) is 0 Å². The van der Waals surface area contributed by atoms with E-state index in [0.717, 1.165) is 0 Å². The summed E-state index contributed by atoms with van der Waals surface area (Å²) in [6, 6.07) is 9.35. The molecule has 0 radical (unpaired) electrons. The van der Waals surface area contributed by atoms with E-state index >= 15 is 0 Å². The molecule has 0 amide bonds. The van der Waals surface area contributed by atoms with Gasteiger partial charge in [0.25, 0.3) is 0 Å². The molecular formula is C17H11N2NaO4S. The first-order chi connectivity index (χ1) is 11.3. The van der Waals surface area contributed by atoms with Crippen LogP contribution in [0.1, 0.15) is 12.5 Å². The van der Waals surface area contributed by atoms with E-state index in [-0.39, 0.29) is 45.6 Å². The molecule has 0 unspecified atom stereocenters. The molecule has 0 spiro atoms. The first-order valence-corrected chi connectivity index (χ1v) is 8.11. The summed E-state index contributed by atoms with van der Waals surface area (Å²) in [7, 11) is -4.60. The molecule has 1 aliphatic heterocycles. The average Bonchev–Trinajstić information content (AvgIpc) is 2.53. The third-order valence-electron chi connectivity index (χ3n) is 3.06. The van der Waals surface area contributed by atoms with Crippen molar-refractivity contribution in [2.75, 3.05) is 0 Å². The smallest absolute Gasteiger partial charge is 0.744 e. The molecular weight excluding hydrogens is 351 g/mol. The van der Waals surface area contributed by atoms with Crippen molar-refractivity contribution in [3.8, 4) is 12.1 Å². The quantitative estimate of drug-likeness (QED) is 0.417. The maximum atomic E-state index is 11.3. The van der Waals surface area contributed by atoms with Crippen LogP contribution in [0.5, 0.6) is 0 Å². The van der Waals surface area contributed by atoms with Gasteiger partial charge < -0.3 is 9.29 Å². The van der Waals surface area contributed by atoms with Crippen LogP contribution in [-0.2, 0) is 14.9 Å². The van der Waals surface area contributed by atoms with Gasteiger partial charge in [0.05, 0.1) is 4.90 Å². The first-order valence-electron chi connectivity index (χ1n) is 6.70. The summed E-state index contributed by atoms with van der Waals surface area (Å²) in [5.41, 5.74) is 0.551. The Morgan fingerprint density at radius 1 is 1.16 bits per heavy atom. The summed E-state index contributed by atoms with van der Waals surface area (Å²) < 4.78 is 39.2. The summed E-state index contributed by atoms with van der Waals surface area (Å²) in [4.78, 5) is -0.338. The van der Waals surface area contributed by atoms with E-state index in [2.05, 4.69) is 0 Å². The second-order valence-electron chi connectivity index (χ2n) is 4.78. The predicted molar refractivity (Wildman–Crippen MR) is 84.6 cm³/mol. The summed E-state index contributed by atoms with van der Waals surface area (Å²) in [6.45, 7) is 1.66. The molecule has 1 heterocycles. The van der Waals surface area contributed by atoms with Gasteiger partial charge in [-0.15, -0.1) is 0 Å². The van der Waals surface area contributed by atoms with Gasteiger partial charge in [-0.25, -0.2) is 8.42 Å². The van der Waals surface area contributed by atoms with Gasteiger partial charge in [-0.3, -0.25) is 0 Å². The van der Waals surface area contributed by atoms with E-state index in [1.54, 1.807) is 31.2 Å². The van der Waals surface area contributed by atoms with Crippen molar-refractivity contribution in [2.45, 2.75) is 11.8 Å². The number of allylic oxidation sites excluding steroid dienone is 6. The Bertz CT molecular complexity index is 974. The van der Waals surface area contributed by atoms with Crippen LogP contribution >= 0.6 is 0 Å². The van der Waals surface area contributed by atoms with Gasteiger partial charge in [0.1, 0.15) is 39.3 Å². The Balaban J connectivity index is 0.00000312. The van der Waals surface area contributed by atoms with Crippen molar-refractivity contribution in [3.63, 3.8) is 0 Å². The van der Waals surface area contributed by atoms with E-state index in [0.29, 0.717) is 17.1 Å². The molecule has 1 aromatic rings. The summed E-state index contributed by atoms with van der Waals surface area (Å²) in [6.07, 6.45) is 5.92. The van der Waals surface area contributed by atoms with Crippen molar-refractivity contribution < 1.29 is 47.3 Å². The average molecular weight is 362 g/mol. The normalized spacial score (nSPS) is 13.7. The molecule has 0 saturated heterocycles. The fourth-order valence-corrected chi connectivity index (χ4v) is 2.73. The SMILES string of the molecule is CC1=CC(=C(C#N)C#N)C=C(/C=C/c2ccccc2S(=O)(=O)[O-])O1.[Na+]. The Morgan fingerprint density at radius 2 is 1.80 bits per heavy atom. The minimum atomic E-state index is -4.60. The third-order valence-corrected chi connectivity index (χ3v) is 3.97. The van der Waals surface area contributed by atoms with Gasteiger partial charge in [-0.2, -0.15) is 10.5 Å². The second kappa shape index (κ2) is 8.82. The van der Waals surface area contributed by atoms with Crippen molar-refractivity contribution in [2.24, 2.45) is 0 Å². The van der Waals surface area contributed by atoms with E-state index in [4.69, 9.17) is 15.3 Å². The molecule has 0 aliphatic carbocycles. The van der Waals surface area contributed by atoms with Crippen molar-refractivity contribution in [3.05, 3.63) is 70.7 Å². The Morgan fingerprint density at radius 3 is 2.40 bits per heavy atom. The number of hydrogen-bond donors (Lipinski definition) is 0. The Labute approximate surface area is 168 Å². The van der Waals surface area contributed by atoms with Crippen LogP contribution in [0.2, 0.25) is 0 Å². The van der Waals surface area contributed by atoms with Gasteiger partial charge in [-0.1, -0.05) is 24.3 Å². The first kappa shape index (κ1) is 20.9. The van der Waals surface area contributed by atoms with Crippen molar-refractivity contribution in [1.82, 2.24) is 0 Å². The van der Waals surface area contributed by atoms with Crippen LogP contribution in [-0.4, -0.2) is 13.0 Å². The zero-order chi connectivity index (χ0) is 17.7. The number of nitrogens with zero attached hydrogens (tertiary/aromatic N) is 2. The van der Waals surface area contributed by atoms with Crippen LogP contribution in [0.3, 0.4) is 0 Å². The molecule has 0 N–H and O–H groups in total. The minimum absolute atomic E-state index is 0. The molecule has 1 aliphatic rings. The number of ether oxygens (including phenoxy) is 1. The third kappa shape index (κ3) is 5.43. The maximum Gasteiger partial charge on any atom is 1.00 e. The van der Waals surface area contributed by atoms with E-state index < -0.39 is 10.1 Å². The van der Waals surface area contributed by atoms with E-state index in [1.807, 2.05) is 0 Å². The van der Waals surface area contributed by atoms with E-state index in [1.165, 1.54) is 36.4 Å². The zero-order valence-corrected chi connectivity index (χ0v) is 16.4. The van der Waals surface area contributed by atoms with E-state index in [9.17, 15) is 13.0 Å². The van der Waals surface area contributed by atoms with Gasteiger partial charge >= 0.3 is 29.6 Å². The second-order valence-corrected chi connectivity index (χ2v) is 6.13. The molecule has 0 aromatic heterocycles. The molecule has 0 fully saturated rings. The predicted octanol–water partition coefficient (Wildman–Crippen LogP) is -0.230. The summed E-state index contributed by atoms with van der Waals surface area (Å²) in [5.74, 6) is 0.783. The minimum Gasteiger partial charge on any atom is -0.744 e. The largest absolute Gasteiger partial charge is 1.00 e. The van der Waals surface area contributed by atoms with Crippen LogP contribution < -0.4 is 29.6 Å². The molecule has 8 heteroatoms. The fraction of sp³-hybridized carbons (Fsp3) is 0.0588. The Hall–Kier alpha value is -2.13. The number of hydrogen-bond acceptors (Lipinski definition) is 6.